The van der Waals surface area contributed by atoms with Crippen LogP contribution in [0.4, 0.5) is 11.4 Å². The Bertz CT molecular complexity index is 554. The fraction of sp³-hybridized carbons (Fsp3) is 0.214. The summed E-state index contributed by atoms with van der Waals surface area (Å²) >= 11 is 3.41. The molecule has 2 rings (SSSR count). The summed E-state index contributed by atoms with van der Waals surface area (Å²) in [6.07, 6.45) is 1.82. The maximum Gasteiger partial charge on any atom is 0.0625 e. The van der Waals surface area contributed by atoms with Crippen molar-refractivity contribution in [2.24, 2.45) is 0 Å². The van der Waals surface area contributed by atoms with E-state index in [0.717, 1.165) is 28.1 Å². The fourth-order valence-electron chi connectivity index (χ4n) is 1.87. The molecule has 0 aliphatic carbocycles. The Morgan fingerprint density at radius 3 is 2.78 bits per heavy atom. The number of pyridine rings is 1. The number of nitrogen functional groups attached to an aromatic ring is 1. The Morgan fingerprint density at radius 2 is 2.11 bits per heavy atom. The van der Waals surface area contributed by atoms with Crippen molar-refractivity contribution in [3.8, 4) is 0 Å². The lowest BCUT2D eigenvalue weighted by Crippen LogP contribution is -2.19. The lowest BCUT2D eigenvalue weighted by atomic mass is 10.2. The molecule has 0 unspecified atom stereocenters. The molecular weight excluding hydrogens is 290 g/mol. The maximum absolute atomic E-state index is 6.02. The van der Waals surface area contributed by atoms with Crippen molar-refractivity contribution in [2.75, 3.05) is 17.7 Å². The van der Waals surface area contributed by atoms with Crippen LogP contribution in [0, 0.1) is 6.92 Å². The van der Waals surface area contributed by atoms with Gasteiger partial charge in [-0.25, -0.2) is 0 Å². The molecule has 1 aromatic carbocycles. The van der Waals surface area contributed by atoms with Gasteiger partial charge in [-0.3, -0.25) is 4.98 Å². The van der Waals surface area contributed by atoms with E-state index in [-0.39, 0.29) is 0 Å². The molecule has 1 aromatic heterocycles. The lowest BCUT2D eigenvalue weighted by molar-refractivity contribution is 0.875. The smallest absolute Gasteiger partial charge is 0.0625 e. The number of aromatic nitrogens is 1. The number of hydrogen-bond donors (Lipinski definition) is 1. The van der Waals surface area contributed by atoms with Crippen molar-refractivity contribution in [3.05, 3.63) is 52.3 Å². The Balaban J connectivity index is 2.22. The largest absolute Gasteiger partial charge is 0.397 e. The van der Waals surface area contributed by atoms with Gasteiger partial charge in [0.1, 0.15) is 0 Å². The van der Waals surface area contributed by atoms with Gasteiger partial charge in [-0.1, -0.05) is 22.0 Å². The molecule has 0 saturated carbocycles. The minimum atomic E-state index is 0.749. The summed E-state index contributed by atoms with van der Waals surface area (Å²) in [6, 6.07) is 9.94. The van der Waals surface area contributed by atoms with Crippen LogP contribution in [0.15, 0.2) is 41.0 Å². The highest BCUT2D eigenvalue weighted by Crippen LogP contribution is 2.26. The molecule has 3 nitrogen and oxygen atoms in total. The minimum Gasteiger partial charge on any atom is -0.397 e. The molecule has 94 valence electrons. The molecule has 0 amide bonds. The molecule has 18 heavy (non-hydrogen) atoms. The number of nitrogens with two attached hydrogens (primary N) is 1. The van der Waals surface area contributed by atoms with Crippen molar-refractivity contribution >= 4 is 27.3 Å². The zero-order chi connectivity index (χ0) is 13.1. The Kier molecular flexibility index (Phi) is 3.87. The van der Waals surface area contributed by atoms with E-state index >= 15 is 0 Å². The number of hydrogen-bond acceptors (Lipinski definition) is 3. The van der Waals surface area contributed by atoms with Crippen LogP contribution in [-0.4, -0.2) is 12.0 Å². The van der Waals surface area contributed by atoms with Gasteiger partial charge >= 0.3 is 0 Å². The van der Waals surface area contributed by atoms with E-state index in [9.17, 15) is 0 Å². The van der Waals surface area contributed by atoms with Crippen LogP contribution < -0.4 is 10.6 Å². The monoisotopic (exact) mass is 305 g/mol. The third kappa shape index (κ3) is 2.82. The summed E-state index contributed by atoms with van der Waals surface area (Å²) in [5, 5.41) is 0. The average Bonchev–Trinajstić information content (AvgIpc) is 2.32. The van der Waals surface area contributed by atoms with E-state index in [1.165, 1.54) is 5.56 Å². The van der Waals surface area contributed by atoms with Crippen LogP contribution >= 0.6 is 15.9 Å². The third-order valence-electron chi connectivity index (χ3n) is 2.91. The number of aryl methyl sites for hydroxylation is 1. The Hall–Kier alpha value is -1.55. The highest BCUT2D eigenvalue weighted by atomic mass is 79.9. The second kappa shape index (κ2) is 5.40. The molecular formula is C14H16BrN3. The molecule has 1 heterocycles. The molecule has 0 aliphatic rings. The number of nitrogens with zero attached hydrogens (tertiary/aromatic N) is 2. The van der Waals surface area contributed by atoms with Crippen LogP contribution in [0.3, 0.4) is 0 Å². The average molecular weight is 306 g/mol. The zero-order valence-electron chi connectivity index (χ0n) is 10.5. The Labute approximate surface area is 116 Å². The number of halogens is 1. The first-order valence-electron chi connectivity index (χ1n) is 5.74. The topological polar surface area (TPSA) is 42.2 Å². The number of benzene rings is 1. The van der Waals surface area contributed by atoms with E-state index < -0.39 is 0 Å². The summed E-state index contributed by atoms with van der Waals surface area (Å²) in [4.78, 5) is 6.51. The maximum atomic E-state index is 6.02. The predicted octanol–water partition coefficient (Wildman–Crippen LogP) is 3.37. The SMILES string of the molecule is Cc1cccnc1CN(C)c1ccc(Br)cc1N. The first-order chi connectivity index (χ1) is 8.58. The molecule has 0 fully saturated rings. The van der Waals surface area contributed by atoms with Gasteiger partial charge in [0.05, 0.1) is 23.6 Å². The molecule has 0 atom stereocenters. The van der Waals surface area contributed by atoms with Gasteiger partial charge in [0.25, 0.3) is 0 Å². The first kappa shape index (κ1) is 12.9. The van der Waals surface area contributed by atoms with Gasteiger partial charge in [0.15, 0.2) is 0 Å². The molecule has 0 radical (unpaired) electrons. The van der Waals surface area contributed by atoms with Crippen LogP contribution in [-0.2, 0) is 6.54 Å². The number of rotatable bonds is 3. The van der Waals surface area contributed by atoms with Crippen molar-refractivity contribution in [3.63, 3.8) is 0 Å². The molecule has 0 saturated heterocycles. The summed E-state index contributed by atoms with van der Waals surface area (Å²) in [7, 11) is 2.02. The molecule has 0 aliphatic heterocycles. The van der Waals surface area contributed by atoms with Crippen molar-refractivity contribution in [2.45, 2.75) is 13.5 Å². The quantitative estimate of drug-likeness (QED) is 0.884. The first-order valence-corrected chi connectivity index (χ1v) is 6.54. The summed E-state index contributed by atoms with van der Waals surface area (Å²) in [6.45, 7) is 2.82. The second-order valence-electron chi connectivity index (χ2n) is 4.33. The van der Waals surface area contributed by atoms with Gasteiger partial charge in [-0.2, -0.15) is 0 Å². The minimum absolute atomic E-state index is 0.749. The lowest BCUT2D eigenvalue weighted by Gasteiger charge is -2.21. The van der Waals surface area contributed by atoms with Gasteiger partial charge in [0, 0.05) is 17.7 Å². The van der Waals surface area contributed by atoms with E-state index in [0.29, 0.717) is 0 Å². The molecule has 2 aromatic rings. The molecule has 4 heteroatoms. The third-order valence-corrected chi connectivity index (χ3v) is 3.40. The van der Waals surface area contributed by atoms with Crippen LogP contribution in [0.1, 0.15) is 11.3 Å². The normalized spacial score (nSPS) is 10.4. The van der Waals surface area contributed by atoms with Gasteiger partial charge in [-0.05, 0) is 36.8 Å². The van der Waals surface area contributed by atoms with Crippen molar-refractivity contribution in [1.82, 2.24) is 4.98 Å². The highest BCUT2D eigenvalue weighted by Gasteiger charge is 2.08. The van der Waals surface area contributed by atoms with Crippen LogP contribution in [0.2, 0.25) is 0 Å². The second-order valence-corrected chi connectivity index (χ2v) is 5.24. The summed E-state index contributed by atoms with van der Waals surface area (Å²) in [5.41, 5.74) is 10.1. The fourth-order valence-corrected chi connectivity index (χ4v) is 2.25. The van der Waals surface area contributed by atoms with Crippen molar-refractivity contribution in [1.29, 1.82) is 0 Å². The predicted molar refractivity (Wildman–Crippen MR) is 79.6 cm³/mol. The zero-order valence-corrected chi connectivity index (χ0v) is 12.1. The Morgan fingerprint density at radius 1 is 1.33 bits per heavy atom. The molecule has 0 spiro atoms. The number of anilines is 2. The van der Waals surface area contributed by atoms with E-state index in [4.69, 9.17) is 5.73 Å². The van der Waals surface area contributed by atoms with E-state index in [2.05, 4.69) is 38.8 Å². The van der Waals surface area contributed by atoms with Crippen molar-refractivity contribution < 1.29 is 0 Å². The standard InChI is InChI=1S/C14H16BrN3/c1-10-4-3-7-17-13(10)9-18(2)14-6-5-11(15)8-12(14)16/h3-8H,9,16H2,1-2H3. The molecule has 0 bridgehead atoms. The highest BCUT2D eigenvalue weighted by molar-refractivity contribution is 9.10. The van der Waals surface area contributed by atoms with E-state index in [1.54, 1.807) is 0 Å². The van der Waals surface area contributed by atoms with Gasteiger partial charge < -0.3 is 10.6 Å². The molecule has 2 N–H and O–H groups in total. The summed E-state index contributed by atoms with van der Waals surface area (Å²) < 4.78 is 0.992. The van der Waals surface area contributed by atoms with Gasteiger partial charge in [-0.15, -0.1) is 0 Å². The van der Waals surface area contributed by atoms with Gasteiger partial charge in [0.2, 0.25) is 0 Å². The van der Waals surface area contributed by atoms with E-state index in [1.807, 2.05) is 37.5 Å². The van der Waals surface area contributed by atoms with Crippen LogP contribution in [0.5, 0.6) is 0 Å². The van der Waals surface area contributed by atoms with Crippen LogP contribution in [0.25, 0.3) is 0 Å². The summed E-state index contributed by atoms with van der Waals surface area (Å²) in [5.74, 6) is 0.